The maximum atomic E-state index is 5.15. The van der Waals surface area contributed by atoms with Crippen LogP contribution in [0.15, 0.2) is 16.8 Å². The van der Waals surface area contributed by atoms with Gasteiger partial charge < -0.3 is 4.84 Å². The predicted molar refractivity (Wildman–Crippen MR) is 34.8 cm³/mol. The lowest BCUT2D eigenvalue weighted by atomic mass is 10.7. The van der Waals surface area contributed by atoms with Gasteiger partial charge >= 0.3 is 0 Å². The molecule has 45 valence electrons. The number of halogens is 1. The van der Waals surface area contributed by atoms with Crippen LogP contribution in [0, 0.1) is 6.92 Å². The molecule has 0 saturated carbocycles. The second-order valence-corrected chi connectivity index (χ2v) is 1.20. The normalized spacial score (nSPS) is 11.2. The highest BCUT2D eigenvalue weighted by atomic mass is 35.5. The highest BCUT2D eigenvalue weighted by molar-refractivity contribution is 6.25. The average molecular weight is 133 g/mol. The topological polar surface area (TPSA) is 21.6 Å². The summed E-state index contributed by atoms with van der Waals surface area (Å²) >= 11 is 5.15. The Kier molecular flexibility index (Phi) is 6.09. The van der Waals surface area contributed by atoms with Crippen LogP contribution in [0.5, 0.6) is 0 Å². The molecular formula is C5H7ClNO. The third-order valence-electron chi connectivity index (χ3n) is 0.409. The first-order valence-electron chi connectivity index (χ1n) is 2.10. The molecule has 0 amide bonds. The fourth-order valence-corrected chi connectivity index (χ4v) is 0.248. The fraction of sp³-hybridized carbons (Fsp3) is 0.200. The minimum atomic E-state index is 0.398. The summed E-state index contributed by atoms with van der Waals surface area (Å²) in [5, 5.41) is 3.36. The van der Waals surface area contributed by atoms with E-state index < -0.39 is 0 Å². The molecule has 8 heavy (non-hydrogen) atoms. The van der Waals surface area contributed by atoms with Crippen LogP contribution in [0.2, 0.25) is 0 Å². The lowest BCUT2D eigenvalue weighted by Crippen LogP contribution is -1.79. The number of rotatable bonds is 3. The van der Waals surface area contributed by atoms with Crippen molar-refractivity contribution < 1.29 is 4.84 Å². The Balaban J connectivity index is 2.93. The maximum absolute atomic E-state index is 5.15. The SMILES string of the molecule is [CH2]/C=N/OC/C=C/Cl. The van der Waals surface area contributed by atoms with Crippen molar-refractivity contribution in [2.45, 2.75) is 0 Å². The number of hydrogen-bond acceptors (Lipinski definition) is 2. The molecule has 0 rings (SSSR count). The first kappa shape index (κ1) is 7.50. The van der Waals surface area contributed by atoms with Gasteiger partial charge in [0.15, 0.2) is 0 Å². The fourth-order valence-electron chi connectivity index (χ4n) is 0.175. The Hall–Kier alpha value is -0.500. The minimum Gasteiger partial charge on any atom is -0.392 e. The van der Waals surface area contributed by atoms with E-state index in [1.807, 2.05) is 0 Å². The largest absolute Gasteiger partial charge is 0.392 e. The van der Waals surface area contributed by atoms with Crippen molar-refractivity contribution >= 4 is 17.8 Å². The maximum Gasteiger partial charge on any atom is 0.136 e. The van der Waals surface area contributed by atoms with Gasteiger partial charge in [0.1, 0.15) is 6.61 Å². The van der Waals surface area contributed by atoms with E-state index in [0.29, 0.717) is 6.61 Å². The summed E-state index contributed by atoms with van der Waals surface area (Å²) in [6.45, 7) is 3.71. The Morgan fingerprint density at radius 1 is 1.75 bits per heavy atom. The van der Waals surface area contributed by atoms with E-state index in [0.717, 1.165) is 0 Å². The van der Waals surface area contributed by atoms with Gasteiger partial charge in [-0.2, -0.15) is 0 Å². The molecule has 0 N–H and O–H groups in total. The molecule has 0 aliphatic carbocycles. The molecular weight excluding hydrogens is 126 g/mol. The molecule has 2 nitrogen and oxygen atoms in total. The van der Waals surface area contributed by atoms with Crippen LogP contribution in [0.4, 0.5) is 0 Å². The minimum absolute atomic E-state index is 0.398. The van der Waals surface area contributed by atoms with Gasteiger partial charge in [-0.1, -0.05) is 16.8 Å². The van der Waals surface area contributed by atoms with Gasteiger partial charge in [0.2, 0.25) is 0 Å². The van der Waals surface area contributed by atoms with E-state index in [-0.39, 0.29) is 0 Å². The van der Waals surface area contributed by atoms with E-state index in [9.17, 15) is 0 Å². The van der Waals surface area contributed by atoms with Gasteiger partial charge in [-0.3, -0.25) is 0 Å². The van der Waals surface area contributed by atoms with E-state index in [2.05, 4.69) is 16.9 Å². The third kappa shape index (κ3) is 5.50. The van der Waals surface area contributed by atoms with Crippen molar-refractivity contribution in [2.24, 2.45) is 5.16 Å². The highest BCUT2D eigenvalue weighted by Gasteiger charge is 1.69. The molecule has 0 bridgehead atoms. The molecule has 0 unspecified atom stereocenters. The number of oxime groups is 1. The summed E-state index contributed by atoms with van der Waals surface area (Å²) in [4.78, 5) is 4.56. The molecule has 0 atom stereocenters. The molecule has 0 aromatic heterocycles. The van der Waals surface area contributed by atoms with Crippen LogP contribution >= 0.6 is 11.6 Å². The standard InChI is InChI=1S/C5H7ClNO/c1-2-7-8-5-3-4-6/h2-4H,1,5H2/b4-3+,7-2+. The van der Waals surface area contributed by atoms with E-state index in [1.165, 1.54) is 11.7 Å². The quantitative estimate of drug-likeness (QED) is 0.325. The summed E-state index contributed by atoms with van der Waals surface area (Å²) in [6, 6.07) is 0. The molecule has 0 aromatic rings. The Bertz CT molecular complexity index is 78.4. The van der Waals surface area contributed by atoms with Crippen LogP contribution in [-0.2, 0) is 4.84 Å². The first-order chi connectivity index (χ1) is 3.91. The Morgan fingerprint density at radius 3 is 3.00 bits per heavy atom. The van der Waals surface area contributed by atoms with Gasteiger partial charge in [0, 0.05) is 11.7 Å². The van der Waals surface area contributed by atoms with Crippen molar-refractivity contribution in [3.05, 3.63) is 18.5 Å². The zero-order valence-corrected chi connectivity index (χ0v) is 5.14. The van der Waals surface area contributed by atoms with Crippen LogP contribution < -0.4 is 0 Å². The zero-order chi connectivity index (χ0) is 6.24. The van der Waals surface area contributed by atoms with Crippen molar-refractivity contribution in [1.29, 1.82) is 0 Å². The molecule has 0 fully saturated rings. The van der Waals surface area contributed by atoms with Gasteiger partial charge in [0.25, 0.3) is 0 Å². The highest BCUT2D eigenvalue weighted by Crippen LogP contribution is 1.79. The van der Waals surface area contributed by atoms with Gasteiger partial charge in [-0.05, 0) is 13.0 Å². The first-order valence-corrected chi connectivity index (χ1v) is 2.53. The van der Waals surface area contributed by atoms with Crippen molar-refractivity contribution in [1.82, 2.24) is 0 Å². The van der Waals surface area contributed by atoms with E-state index >= 15 is 0 Å². The van der Waals surface area contributed by atoms with Crippen molar-refractivity contribution in [3.8, 4) is 0 Å². The molecule has 0 aromatic carbocycles. The Morgan fingerprint density at radius 2 is 2.50 bits per heavy atom. The smallest absolute Gasteiger partial charge is 0.136 e. The molecule has 0 aliphatic heterocycles. The summed E-state index contributed by atoms with van der Waals surface area (Å²) < 4.78 is 0. The lowest BCUT2D eigenvalue weighted by Gasteiger charge is -1.87. The average Bonchev–Trinajstić information content (AvgIpc) is 1.81. The molecule has 0 spiro atoms. The second kappa shape index (κ2) is 6.50. The van der Waals surface area contributed by atoms with Crippen molar-refractivity contribution in [2.75, 3.05) is 6.61 Å². The molecule has 1 radical (unpaired) electrons. The van der Waals surface area contributed by atoms with Gasteiger partial charge in [-0.25, -0.2) is 0 Å². The molecule has 0 aliphatic rings. The van der Waals surface area contributed by atoms with E-state index in [4.69, 9.17) is 11.6 Å². The number of nitrogens with zero attached hydrogens (tertiary/aromatic N) is 1. The summed E-state index contributed by atoms with van der Waals surface area (Å²) in [5.74, 6) is 0. The molecule has 3 heteroatoms. The van der Waals surface area contributed by atoms with Gasteiger partial charge in [-0.15, -0.1) is 0 Å². The van der Waals surface area contributed by atoms with Gasteiger partial charge in [0.05, 0.1) is 0 Å². The summed E-state index contributed by atoms with van der Waals surface area (Å²) in [6.07, 6.45) is 2.95. The molecule has 0 saturated heterocycles. The predicted octanol–water partition coefficient (Wildman–Crippen LogP) is 1.58. The van der Waals surface area contributed by atoms with E-state index in [1.54, 1.807) is 6.08 Å². The van der Waals surface area contributed by atoms with Crippen LogP contribution in [0.25, 0.3) is 0 Å². The van der Waals surface area contributed by atoms with Crippen molar-refractivity contribution in [3.63, 3.8) is 0 Å². The third-order valence-corrected chi connectivity index (χ3v) is 0.587. The Labute approximate surface area is 53.8 Å². The van der Waals surface area contributed by atoms with Crippen LogP contribution in [0.1, 0.15) is 0 Å². The summed E-state index contributed by atoms with van der Waals surface area (Å²) in [7, 11) is 0. The lowest BCUT2D eigenvalue weighted by molar-refractivity contribution is 0.176. The molecule has 0 heterocycles. The number of hydrogen-bond donors (Lipinski definition) is 0. The summed E-state index contributed by atoms with van der Waals surface area (Å²) in [5.41, 5.74) is 1.37. The monoisotopic (exact) mass is 132 g/mol. The van der Waals surface area contributed by atoms with Crippen LogP contribution in [0.3, 0.4) is 0 Å². The zero-order valence-electron chi connectivity index (χ0n) is 4.38. The van der Waals surface area contributed by atoms with Crippen LogP contribution in [-0.4, -0.2) is 12.8 Å². The second-order valence-electron chi connectivity index (χ2n) is 0.945.